The zero-order chi connectivity index (χ0) is 18.0. The van der Waals surface area contributed by atoms with Crippen molar-refractivity contribution in [2.45, 2.75) is 39.2 Å². The lowest BCUT2D eigenvalue weighted by Crippen LogP contribution is -2.46. The molecular formula is C19H23FN2O3. The van der Waals surface area contributed by atoms with Crippen molar-refractivity contribution in [3.8, 4) is 0 Å². The van der Waals surface area contributed by atoms with Gasteiger partial charge in [-0.25, -0.2) is 4.39 Å². The summed E-state index contributed by atoms with van der Waals surface area (Å²) in [5.41, 5.74) is 0.599. The van der Waals surface area contributed by atoms with Crippen LogP contribution in [0, 0.1) is 11.7 Å². The minimum Gasteiger partial charge on any atom is -0.464 e. The van der Waals surface area contributed by atoms with E-state index in [2.05, 4.69) is 5.32 Å². The molecule has 1 aliphatic rings. The molecule has 1 aromatic heterocycles. The molecule has 0 unspecified atom stereocenters. The molecule has 1 fully saturated rings. The van der Waals surface area contributed by atoms with Gasteiger partial charge in [-0.2, -0.15) is 0 Å². The number of carbonyl (C=O) groups is 2. The lowest BCUT2D eigenvalue weighted by molar-refractivity contribution is -0.133. The molecule has 0 saturated carbocycles. The first-order chi connectivity index (χ1) is 11.9. The van der Waals surface area contributed by atoms with Crippen molar-refractivity contribution in [3.05, 3.63) is 35.8 Å². The van der Waals surface area contributed by atoms with E-state index in [1.54, 1.807) is 6.07 Å². The molecule has 25 heavy (non-hydrogen) atoms. The van der Waals surface area contributed by atoms with Crippen LogP contribution in [0.3, 0.4) is 0 Å². The summed E-state index contributed by atoms with van der Waals surface area (Å²) in [5, 5.41) is 3.51. The van der Waals surface area contributed by atoms with Gasteiger partial charge in [0.25, 0.3) is 5.91 Å². The molecule has 2 amide bonds. The van der Waals surface area contributed by atoms with Gasteiger partial charge in [-0.05, 0) is 37.0 Å². The Morgan fingerprint density at radius 2 is 2.04 bits per heavy atom. The lowest BCUT2D eigenvalue weighted by Gasteiger charge is -2.32. The van der Waals surface area contributed by atoms with Crippen molar-refractivity contribution in [2.75, 3.05) is 13.1 Å². The Hall–Kier alpha value is -2.37. The number of benzene rings is 1. The Balaban J connectivity index is 1.61. The van der Waals surface area contributed by atoms with E-state index in [-0.39, 0.29) is 23.4 Å². The van der Waals surface area contributed by atoms with Gasteiger partial charge in [0.05, 0.1) is 11.8 Å². The number of likely N-dealkylation sites (tertiary alicyclic amines) is 1. The Labute approximate surface area is 146 Å². The van der Waals surface area contributed by atoms with Gasteiger partial charge in [-0.3, -0.25) is 9.59 Å². The van der Waals surface area contributed by atoms with Crippen LogP contribution in [0.25, 0.3) is 11.0 Å². The zero-order valence-corrected chi connectivity index (χ0v) is 14.5. The number of rotatable bonds is 4. The van der Waals surface area contributed by atoms with Crippen LogP contribution in [0.5, 0.6) is 0 Å². The molecule has 1 aliphatic heterocycles. The highest BCUT2D eigenvalue weighted by Gasteiger charge is 2.25. The molecule has 2 heterocycles. The third-order valence-corrected chi connectivity index (χ3v) is 4.53. The van der Waals surface area contributed by atoms with E-state index in [0.29, 0.717) is 49.2 Å². The van der Waals surface area contributed by atoms with Gasteiger partial charge < -0.3 is 14.6 Å². The normalized spacial score (nSPS) is 15.8. The molecule has 1 saturated heterocycles. The van der Waals surface area contributed by atoms with Crippen LogP contribution in [-0.4, -0.2) is 35.8 Å². The summed E-state index contributed by atoms with van der Waals surface area (Å²) in [6, 6.07) is 4.15. The lowest BCUT2D eigenvalue weighted by atomic mass is 10.0. The number of fused-ring (bicyclic) bond motifs is 1. The average molecular weight is 346 g/mol. The second-order valence-electron chi connectivity index (χ2n) is 7.02. The molecule has 1 aromatic carbocycles. The molecule has 0 spiro atoms. The molecule has 3 rings (SSSR count). The second kappa shape index (κ2) is 7.25. The standard InChI is InChI=1S/C19H23FN2O3/c1-12(2)9-17(23)22-6-3-15(4-7-22)21-19(24)16-11-14(20)10-13-5-8-25-18(13)16/h5,8,10-12,15H,3-4,6-7,9H2,1-2H3,(H,21,24). The molecule has 1 N–H and O–H groups in total. The van der Waals surface area contributed by atoms with E-state index in [0.717, 1.165) is 0 Å². The summed E-state index contributed by atoms with van der Waals surface area (Å²) >= 11 is 0. The number of piperidine rings is 1. The fraction of sp³-hybridized carbons (Fsp3) is 0.474. The maximum Gasteiger partial charge on any atom is 0.255 e. The van der Waals surface area contributed by atoms with E-state index in [1.165, 1.54) is 18.4 Å². The minimum absolute atomic E-state index is 0.0242. The predicted octanol–water partition coefficient (Wildman–Crippen LogP) is 3.34. The van der Waals surface area contributed by atoms with Crippen LogP contribution in [0.1, 0.15) is 43.5 Å². The molecule has 2 aromatic rings. The zero-order valence-electron chi connectivity index (χ0n) is 14.5. The van der Waals surface area contributed by atoms with Gasteiger partial charge in [-0.15, -0.1) is 0 Å². The van der Waals surface area contributed by atoms with Crippen molar-refractivity contribution in [3.63, 3.8) is 0 Å². The van der Waals surface area contributed by atoms with E-state index in [1.807, 2.05) is 18.7 Å². The number of hydrogen-bond donors (Lipinski definition) is 1. The van der Waals surface area contributed by atoms with E-state index >= 15 is 0 Å². The summed E-state index contributed by atoms with van der Waals surface area (Å²) in [6.07, 6.45) is 3.40. The molecule has 5 nitrogen and oxygen atoms in total. The fourth-order valence-corrected chi connectivity index (χ4v) is 3.23. The van der Waals surface area contributed by atoms with Gasteiger partial charge in [0.2, 0.25) is 5.91 Å². The van der Waals surface area contributed by atoms with Gasteiger partial charge in [0.15, 0.2) is 0 Å². The fourth-order valence-electron chi connectivity index (χ4n) is 3.23. The summed E-state index contributed by atoms with van der Waals surface area (Å²) < 4.78 is 19.0. The molecule has 6 heteroatoms. The summed E-state index contributed by atoms with van der Waals surface area (Å²) in [4.78, 5) is 26.5. The molecule has 134 valence electrons. The smallest absolute Gasteiger partial charge is 0.255 e. The maximum absolute atomic E-state index is 13.7. The Morgan fingerprint density at radius 1 is 1.32 bits per heavy atom. The first-order valence-electron chi connectivity index (χ1n) is 8.69. The number of halogens is 1. The van der Waals surface area contributed by atoms with E-state index in [4.69, 9.17) is 4.42 Å². The summed E-state index contributed by atoms with van der Waals surface area (Å²) in [7, 11) is 0. The van der Waals surface area contributed by atoms with Gasteiger partial charge in [0, 0.05) is 30.9 Å². The summed E-state index contributed by atoms with van der Waals surface area (Å²) in [6.45, 7) is 5.32. The maximum atomic E-state index is 13.7. The summed E-state index contributed by atoms with van der Waals surface area (Å²) in [5.74, 6) is -0.296. The number of carbonyl (C=O) groups excluding carboxylic acids is 2. The molecule has 0 bridgehead atoms. The Morgan fingerprint density at radius 3 is 2.72 bits per heavy atom. The van der Waals surface area contributed by atoms with Crippen LogP contribution < -0.4 is 5.32 Å². The number of hydrogen-bond acceptors (Lipinski definition) is 3. The van der Waals surface area contributed by atoms with E-state index < -0.39 is 5.82 Å². The van der Waals surface area contributed by atoms with Gasteiger partial charge in [-0.1, -0.05) is 13.8 Å². The highest BCUT2D eigenvalue weighted by molar-refractivity contribution is 6.05. The first-order valence-corrected chi connectivity index (χ1v) is 8.69. The van der Waals surface area contributed by atoms with Crippen LogP contribution in [0.4, 0.5) is 4.39 Å². The Kier molecular flexibility index (Phi) is 5.06. The molecule has 0 aliphatic carbocycles. The number of furan rings is 1. The van der Waals surface area contributed by atoms with Crippen LogP contribution in [-0.2, 0) is 4.79 Å². The minimum atomic E-state index is -0.465. The van der Waals surface area contributed by atoms with Gasteiger partial charge >= 0.3 is 0 Å². The third kappa shape index (κ3) is 4.00. The van der Waals surface area contributed by atoms with Crippen LogP contribution in [0.2, 0.25) is 0 Å². The average Bonchev–Trinajstić information content (AvgIpc) is 3.02. The Bertz CT molecular complexity index is 776. The van der Waals surface area contributed by atoms with Crippen LogP contribution in [0.15, 0.2) is 28.9 Å². The number of nitrogens with zero attached hydrogens (tertiary/aromatic N) is 1. The predicted molar refractivity (Wildman–Crippen MR) is 92.7 cm³/mol. The third-order valence-electron chi connectivity index (χ3n) is 4.53. The van der Waals surface area contributed by atoms with Crippen molar-refractivity contribution in [1.82, 2.24) is 10.2 Å². The largest absolute Gasteiger partial charge is 0.464 e. The molecule has 0 radical (unpaired) electrons. The SMILES string of the molecule is CC(C)CC(=O)N1CCC(NC(=O)c2cc(F)cc3ccoc23)CC1. The van der Waals surface area contributed by atoms with Crippen molar-refractivity contribution in [1.29, 1.82) is 0 Å². The topological polar surface area (TPSA) is 62.6 Å². The monoisotopic (exact) mass is 346 g/mol. The van der Waals surface area contributed by atoms with Crippen molar-refractivity contribution in [2.24, 2.45) is 5.92 Å². The second-order valence-corrected chi connectivity index (χ2v) is 7.02. The highest BCUT2D eigenvalue weighted by Crippen LogP contribution is 2.22. The van der Waals surface area contributed by atoms with Crippen LogP contribution >= 0.6 is 0 Å². The highest BCUT2D eigenvalue weighted by atomic mass is 19.1. The molecule has 0 atom stereocenters. The quantitative estimate of drug-likeness (QED) is 0.923. The first kappa shape index (κ1) is 17.5. The molecular weight excluding hydrogens is 323 g/mol. The van der Waals surface area contributed by atoms with E-state index in [9.17, 15) is 14.0 Å². The van der Waals surface area contributed by atoms with Crippen molar-refractivity contribution < 1.29 is 18.4 Å². The number of nitrogens with one attached hydrogen (secondary N) is 1. The number of amides is 2. The van der Waals surface area contributed by atoms with Crippen molar-refractivity contribution >= 4 is 22.8 Å². The van der Waals surface area contributed by atoms with Gasteiger partial charge in [0.1, 0.15) is 11.4 Å².